The fourth-order valence-electron chi connectivity index (χ4n) is 1.61. The molecule has 0 aliphatic heterocycles. The average Bonchev–Trinajstić information content (AvgIpc) is 2.64. The third-order valence-electron chi connectivity index (χ3n) is 2.58. The van der Waals surface area contributed by atoms with Crippen molar-refractivity contribution in [2.24, 2.45) is 0 Å². The van der Waals surface area contributed by atoms with E-state index in [0.29, 0.717) is 11.3 Å². The molecule has 0 atom stereocenters. The van der Waals surface area contributed by atoms with Crippen molar-refractivity contribution in [3.05, 3.63) is 40.7 Å². The molecule has 1 heterocycles. The van der Waals surface area contributed by atoms with Crippen LogP contribution in [-0.2, 0) is 0 Å². The smallest absolute Gasteiger partial charge is 0.229 e. The summed E-state index contributed by atoms with van der Waals surface area (Å²) in [6.07, 6.45) is 0. The maximum atomic E-state index is 13.5. The number of hydrogen-bond donors (Lipinski definition) is 0. The first-order valence-corrected chi connectivity index (χ1v) is 5.76. The zero-order valence-electron chi connectivity index (χ0n) is 9.91. The summed E-state index contributed by atoms with van der Waals surface area (Å²) in [5, 5.41) is 8.07. The van der Waals surface area contributed by atoms with Crippen molar-refractivity contribution in [2.45, 2.75) is 26.7 Å². The summed E-state index contributed by atoms with van der Waals surface area (Å²) in [5.74, 6) is 0.625. The molecule has 17 heavy (non-hydrogen) atoms. The Labute approximate surface area is 104 Å². The van der Waals surface area contributed by atoms with Crippen molar-refractivity contribution >= 4 is 11.6 Å². The molecule has 3 nitrogen and oxygen atoms in total. The van der Waals surface area contributed by atoms with Crippen LogP contribution in [0.15, 0.2) is 18.2 Å². The van der Waals surface area contributed by atoms with Gasteiger partial charge in [0.15, 0.2) is 0 Å². The van der Waals surface area contributed by atoms with E-state index in [-0.39, 0.29) is 17.0 Å². The number of halogens is 2. The van der Waals surface area contributed by atoms with Crippen LogP contribution >= 0.6 is 11.6 Å². The van der Waals surface area contributed by atoms with Gasteiger partial charge in [-0.05, 0) is 36.2 Å². The lowest BCUT2D eigenvalue weighted by Crippen LogP contribution is -2.04. The van der Waals surface area contributed by atoms with Crippen molar-refractivity contribution in [2.75, 3.05) is 0 Å². The number of hydrogen-bond acceptors (Lipinski definition) is 2. The SMILES string of the molecule is Cc1ccc(-n2c(Cl)nnc2C(C)C)cc1F. The molecule has 0 saturated carbocycles. The van der Waals surface area contributed by atoms with Gasteiger partial charge in [-0.3, -0.25) is 4.57 Å². The van der Waals surface area contributed by atoms with Gasteiger partial charge in [0.25, 0.3) is 0 Å². The third-order valence-corrected chi connectivity index (χ3v) is 2.82. The standard InChI is InChI=1S/C12H13ClFN3/c1-7(2)11-15-16-12(13)17(11)9-5-4-8(3)10(14)6-9/h4-7H,1-3H3. The van der Waals surface area contributed by atoms with Gasteiger partial charge in [-0.1, -0.05) is 19.9 Å². The summed E-state index contributed by atoms with van der Waals surface area (Å²) >= 11 is 5.98. The van der Waals surface area contributed by atoms with Gasteiger partial charge in [-0.2, -0.15) is 0 Å². The molecule has 1 aromatic heterocycles. The van der Waals surface area contributed by atoms with Crippen LogP contribution in [0.4, 0.5) is 4.39 Å². The Balaban J connectivity index is 2.59. The number of benzene rings is 1. The minimum Gasteiger partial charge on any atom is -0.269 e. The van der Waals surface area contributed by atoms with Gasteiger partial charge in [0.2, 0.25) is 5.28 Å². The van der Waals surface area contributed by atoms with Crippen LogP contribution in [0, 0.1) is 12.7 Å². The fraction of sp³-hybridized carbons (Fsp3) is 0.333. The topological polar surface area (TPSA) is 30.7 Å². The van der Waals surface area contributed by atoms with E-state index in [2.05, 4.69) is 10.2 Å². The predicted octanol–water partition coefficient (Wildman–Crippen LogP) is 3.49. The van der Waals surface area contributed by atoms with E-state index < -0.39 is 0 Å². The maximum Gasteiger partial charge on any atom is 0.229 e. The number of nitrogens with zero attached hydrogens (tertiary/aromatic N) is 3. The largest absolute Gasteiger partial charge is 0.269 e. The highest BCUT2D eigenvalue weighted by atomic mass is 35.5. The summed E-state index contributed by atoms with van der Waals surface area (Å²) in [6, 6.07) is 4.96. The summed E-state index contributed by atoms with van der Waals surface area (Å²) in [6.45, 7) is 5.69. The van der Waals surface area contributed by atoms with Crippen LogP contribution in [0.2, 0.25) is 5.28 Å². The molecule has 0 unspecified atom stereocenters. The molecule has 0 saturated heterocycles. The van der Waals surface area contributed by atoms with Crippen molar-refractivity contribution in [1.29, 1.82) is 0 Å². The summed E-state index contributed by atoms with van der Waals surface area (Å²) < 4.78 is 15.2. The van der Waals surface area contributed by atoms with E-state index in [4.69, 9.17) is 11.6 Å². The van der Waals surface area contributed by atoms with Crippen LogP contribution in [0.1, 0.15) is 31.2 Å². The molecule has 0 radical (unpaired) electrons. The zero-order chi connectivity index (χ0) is 12.6. The van der Waals surface area contributed by atoms with Crippen molar-refractivity contribution in [1.82, 2.24) is 14.8 Å². The quantitative estimate of drug-likeness (QED) is 0.820. The lowest BCUT2D eigenvalue weighted by molar-refractivity contribution is 0.616. The number of aromatic nitrogens is 3. The van der Waals surface area contributed by atoms with E-state index in [0.717, 1.165) is 5.82 Å². The molecule has 0 amide bonds. The molecule has 0 aliphatic carbocycles. The summed E-state index contributed by atoms with van der Waals surface area (Å²) in [4.78, 5) is 0. The summed E-state index contributed by atoms with van der Waals surface area (Å²) in [5.41, 5.74) is 1.25. The van der Waals surface area contributed by atoms with Crippen molar-refractivity contribution in [3.8, 4) is 5.69 Å². The van der Waals surface area contributed by atoms with Crippen LogP contribution < -0.4 is 0 Å². The molecule has 90 valence electrons. The first-order valence-electron chi connectivity index (χ1n) is 5.38. The normalized spacial score (nSPS) is 11.2. The molecule has 2 rings (SSSR count). The highest BCUT2D eigenvalue weighted by molar-refractivity contribution is 6.28. The van der Waals surface area contributed by atoms with Gasteiger partial charge >= 0.3 is 0 Å². The first kappa shape index (κ1) is 12.0. The Morgan fingerprint density at radius 1 is 1.29 bits per heavy atom. The Bertz CT molecular complexity index is 549. The van der Waals surface area contributed by atoms with Gasteiger partial charge in [0, 0.05) is 5.92 Å². The molecular weight excluding hydrogens is 241 g/mol. The molecule has 0 aliphatic rings. The maximum absolute atomic E-state index is 13.5. The lowest BCUT2D eigenvalue weighted by atomic mass is 10.2. The zero-order valence-corrected chi connectivity index (χ0v) is 10.7. The van der Waals surface area contributed by atoms with Gasteiger partial charge in [0.1, 0.15) is 11.6 Å². The van der Waals surface area contributed by atoms with E-state index in [1.807, 2.05) is 13.8 Å². The van der Waals surface area contributed by atoms with E-state index in [9.17, 15) is 4.39 Å². The molecule has 1 aromatic carbocycles. The predicted molar refractivity (Wildman–Crippen MR) is 65.2 cm³/mol. The molecule has 5 heteroatoms. The Kier molecular flexibility index (Phi) is 3.15. The van der Waals surface area contributed by atoms with Crippen molar-refractivity contribution < 1.29 is 4.39 Å². The Morgan fingerprint density at radius 2 is 2.00 bits per heavy atom. The highest BCUT2D eigenvalue weighted by Crippen LogP contribution is 2.23. The molecule has 0 fully saturated rings. The molecule has 0 spiro atoms. The lowest BCUT2D eigenvalue weighted by Gasteiger charge is -2.10. The molecule has 2 aromatic rings. The Morgan fingerprint density at radius 3 is 2.59 bits per heavy atom. The minimum atomic E-state index is -0.262. The van der Waals surface area contributed by atoms with Gasteiger partial charge in [0.05, 0.1) is 5.69 Å². The molecule has 0 bridgehead atoms. The second-order valence-corrected chi connectivity index (χ2v) is 4.59. The first-order chi connectivity index (χ1) is 8.00. The van der Waals surface area contributed by atoms with Crippen LogP contribution in [-0.4, -0.2) is 14.8 Å². The van der Waals surface area contributed by atoms with E-state index in [1.54, 1.807) is 23.6 Å². The third kappa shape index (κ3) is 2.17. The summed E-state index contributed by atoms with van der Waals surface area (Å²) in [7, 11) is 0. The average molecular weight is 254 g/mol. The number of rotatable bonds is 2. The van der Waals surface area contributed by atoms with Gasteiger partial charge < -0.3 is 0 Å². The van der Waals surface area contributed by atoms with Gasteiger partial charge in [-0.15, -0.1) is 10.2 Å². The van der Waals surface area contributed by atoms with Gasteiger partial charge in [-0.25, -0.2) is 4.39 Å². The second-order valence-electron chi connectivity index (χ2n) is 4.25. The van der Waals surface area contributed by atoms with Crippen LogP contribution in [0.25, 0.3) is 5.69 Å². The van der Waals surface area contributed by atoms with Crippen LogP contribution in [0.5, 0.6) is 0 Å². The highest BCUT2D eigenvalue weighted by Gasteiger charge is 2.15. The monoisotopic (exact) mass is 253 g/mol. The number of aryl methyl sites for hydroxylation is 1. The Hall–Kier alpha value is -1.42. The molecule has 0 N–H and O–H groups in total. The minimum absolute atomic E-state index is 0.166. The fourth-order valence-corrected chi connectivity index (χ4v) is 1.83. The van der Waals surface area contributed by atoms with Crippen molar-refractivity contribution in [3.63, 3.8) is 0 Å². The van der Waals surface area contributed by atoms with E-state index >= 15 is 0 Å². The van der Waals surface area contributed by atoms with Crippen LogP contribution in [0.3, 0.4) is 0 Å². The second kappa shape index (κ2) is 4.45. The van der Waals surface area contributed by atoms with E-state index in [1.165, 1.54) is 6.07 Å². The molecular formula is C12H13ClFN3.